The summed E-state index contributed by atoms with van der Waals surface area (Å²) >= 11 is 0. The summed E-state index contributed by atoms with van der Waals surface area (Å²) in [6.07, 6.45) is 9.46. The van der Waals surface area contributed by atoms with Crippen molar-refractivity contribution in [2.24, 2.45) is 5.92 Å². The van der Waals surface area contributed by atoms with E-state index >= 15 is 0 Å². The largest absolute Gasteiger partial charge is 0.423 e. The van der Waals surface area contributed by atoms with Gasteiger partial charge in [-0.05, 0) is 37.8 Å². The number of fused-ring (bicyclic) bond motifs is 1. The van der Waals surface area contributed by atoms with Gasteiger partial charge in [0, 0.05) is 25.1 Å². The third kappa shape index (κ3) is 3.73. The Morgan fingerprint density at radius 1 is 1.03 bits per heavy atom. The molecule has 152 valence electrons. The molecule has 1 saturated carbocycles. The average molecular weight is 393 g/mol. The van der Waals surface area contributed by atoms with Crippen molar-refractivity contribution in [2.45, 2.75) is 51.0 Å². The van der Waals surface area contributed by atoms with Gasteiger partial charge in [-0.15, -0.1) is 0 Å². The number of carbonyl (C=O) groups excluding carboxylic acids is 1. The number of benzene rings is 1. The fraction of sp³-hybridized carbons (Fsp3) is 0.500. The minimum atomic E-state index is 0.00494. The Balaban J connectivity index is 1.20. The highest BCUT2D eigenvalue weighted by molar-refractivity contribution is 5.92. The Labute approximate surface area is 170 Å². The fourth-order valence-electron chi connectivity index (χ4n) is 4.59. The smallest absolute Gasteiger partial charge is 0.298 e. The van der Waals surface area contributed by atoms with Crippen LogP contribution in [0.15, 0.2) is 40.9 Å². The van der Waals surface area contributed by atoms with Crippen molar-refractivity contribution in [3.05, 3.63) is 36.5 Å². The molecule has 1 amide bonds. The molecule has 1 saturated heterocycles. The summed E-state index contributed by atoms with van der Waals surface area (Å²) in [7, 11) is 0. The maximum atomic E-state index is 12.9. The third-order valence-corrected chi connectivity index (χ3v) is 6.26. The second-order valence-electron chi connectivity index (χ2n) is 8.17. The van der Waals surface area contributed by atoms with Gasteiger partial charge in [0.2, 0.25) is 5.91 Å². The lowest BCUT2D eigenvalue weighted by Crippen LogP contribution is -2.38. The maximum absolute atomic E-state index is 12.9. The van der Waals surface area contributed by atoms with Crippen LogP contribution in [-0.2, 0) is 4.79 Å². The first-order valence-corrected chi connectivity index (χ1v) is 10.7. The quantitative estimate of drug-likeness (QED) is 0.712. The van der Waals surface area contributed by atoms with Gasteiger partial charge in [-0.2, -0.15) is 10.1 Å². The molecule has 0 atom stereocenters. The number of hydrogen-bond acceptors (Lipinski definition) is 5. The molecule has 2 fully saturated rings. The monoisotopic (exact) mass is 393 g/mol. The zero-order chi connectivity index (χ0) is 19.6. The summed E-state index contributed by atoms with van der Waals surface area (Å²) in [6, 6.07) is 10.8. The molecular formula is C22H27N5O2. The van der Waals surface area contributed by atoms with E-state index < -0.39 is 0 Å². The van der Waals surface area contributed by atoms with Crippen LogP contribution in [0.2, 0.25) is 0 Å². The van der Waals surface area contributed by atoms with Gasteiger partial charge in [0.15, 0.2) is 5.58 Å². The summed E-state index contributed by atoms with van der Waals surface area (Å²) in [5.41, 5.74) is 1.68. The van der Waals surface area contributed by atoms with Crippen LogP contribution in [0.4, 0.5) is 11.8 Å². The van der Waals surface area contributed by atoms with Gasteiger partial charge >= 0.3 is 0 Å². The fourth-order valence-corrected chi connectivity index (χ4v) is 4.59. The van der Waals surface area contributed by atoms with Crippen molar-refractivity contribution in [1.82, 2.24) is 14.8 Å². The Bertz CT molecular complexity index is 947. The molecule has 1 aromatic carbocycles. The van der Waals surface area contributed by atoms with Crippen molar-refractivity contribution < 1.29 is 9.21 Å². The van der Waals surface area contributed by atoms with Crippen LogP contribution in [0.3, 0.4) is 0 Å². The van der Waals surface area contributed by atoms with Crippen molar-refractivity contribution in [1.29, 1.82) is 0 Å². The lowest BCUT2D eigenvalue weighted by molar-refractivity contribution is -0.120. The summed E-state index contributed by atoms with van der Waals surface area (Å²) < 4.78 is 7.89. The van der Waals surface area contributed by atoms with Gasteiger partial charge in [0.1, 0.15) is 11.3 Å². The van der Waals surface area contributed by atoms with Gasteiger partial charge in [-0.25, -0.2) is 4.68 Å². The molecule has 1 aliphatic heterocycles. The molecule has 5 rings (SSSR count). The van der Waals surface area contributed by atoms with Crippen molar-refractivity contribution in [3.63, 3.8) is 0 Å². The number of nitrogens with zero attached hydrogens (tertiary/aromatic N) is 4. The normalized spacial score (nSPS) is 19.0. The molecule has 1 aliphatic carbocycles. The zero-order valence-electron chi connectivity index (χ0n) is 16.6. The molecule has 7 nitrogen and oxygen atoms in total. The number of para-hydroxylation sites is 2. The summed E-state index contributed by atoms with van der Waals surface area (Å²) in [4.78, 5) is 19.6. The number of carbonyl (C=O) groups is 1. The molecule has 2 aliphatic rings. The highest BCUT2D eigenvalue weighted by Crippen LogP contribution is 2.31. The van der Waals surface area contributed by atoms with E-state index in [1.807, 2.05) is 35.0 Å². The van der Waals surface area contributed by atoms with E-state index in [2.05, 4.69) is 20.3 Å². The predicted molar refractivity (Wildman–Crippen MR) is 112 cm³/mol. The van der Waals surface area contributed by atoms with Crippen LogP contribution in [0, 0.1) is 5.92 Å². The van der Waals surface area contributed by atoms with Gasteiger partial charge in [0.05, 0.1) is 12.2 Å². The Hall–Kier alpha value is -2.83. The average Bonchev–Trinajstić information content (AvgIpc) is 3.41. The Morgan fingerprint density at radius 2 is 1.83 bits per heavy atom. The van der Waals surface area contributed by atoms with Crippen LogP contribution < -0.4 is 10.2 Å². The number of anilines is 2. The minimum Gasteiger partial charge on any atom is -0.423 e. The van der Waals surface area contributed by atoms with E-state index in [0.29, 0.717) is 12.1 Å². The number of aromatic nitrogens is 3. The predicted octanol–water partition coefficient (Wildman–Crippen LogP) is 4.38. The summed E-state index contributed by atoms with van der Waals surface area (Å²) in [6.45, 7) is 1.54. The van der Waals surface area contributed by atoms with E-state index in [1.165, 1.54) is 19.3 Å². The van der Waals surface area contributed by atoms with E-state index in [9.17, 15) is 4.79 Å². The number of nitrogens with one attached hydrogen (secondary N) is 1. The highest BCUT2D eigenvalue weighted by atomic mass is 16.4. The second kappa shape index (κ2) is 7.89. The van der Waals surface area contributed by atoms with Crippen LogP contribution in [0.5, 0.6) is 0 Å². The van der Waals surface area contributed by atoms with Crippen molar-refractivity contribution in [2.75, 3.05) is 23.3 Å². The second-order valence-corrected chi connectivity index (χ2v) is 8.17. The Morgan fingerprint density at radius 3 is 2.62 bits per heavy atom. The number of rotatable bonds is 4. The lowest BCUT2D eigenvalue weighted by Gasteiger charge is -2.30. The first-order chi connectivity index (χ1) is 14.3. The van der Waals surface area contributed by atoms with E-state index in [0.717, 1.165) is 55.7 Å². The lowest BCUT2D eigenvalue weighted by atomic mass is 9.95. The molecule has 7 heteroatoms. The van der Waals surface area contributed by atoms with Crippen LogP contribution in [0.25, 0.3) is 11.1 Å². The van der Waals surface area contributed by atoms with Crippen molar-refractivity contribution in [3.8, 4) is 0 Å². The van der Waals surface area contributed by atoms with Gasteiger partial charge in [-0.3, -0.25) is 4.79 Å². The molecule has 0 radical (unpaired) electrons. The molecule has 0 unspecified atom stereocenters. The van der Waals surface area contributed by atoms with E-state index in [1.54, 1.807) is 6.20 Å². The molecule has 2 aromatic heterocycles. The Kier molecular flexibility index (Phi) is 4.96. The molecule has 29 heavy (non-hydrogen) atoms. The standard InChI is InChI=1S/C22H27N5O2/c28-21(25-20-10-13-23-27(20)17-6-2-1-3-7-17)16-11-14-26(15-12-16)22-24-18-8-4-5-9-19(18)29-22/h4-5,8-10,13,16-17H,1-3,6-7,11-12,14-15H2,(H,25,28). The SMILES string of the molecule is O=C(Nc1ccnn1C1CCCCC1)C1CCN(c2nc3ccccc3o2)CC1. The first kappa shape index (κ1) is 18.2. The highest BCUT2D eigenvalue weighted by Gasteiger charge is 2.28. The van der Waals surface area contributed by atoms with E-state index in [-0.39, 0.29) is 11.8 Å². The summed E-state index contributed by atoms with van der Waals surface area (Å²) in [5.74, 6) is 0.938. The molecular weight excluding hydrogens is 366 g/mol. The topological polar surface area (TPSA) is 76.2 Å². The van der Waals surface area contributed by atoms with Gasteiger partial charge < -0.3 is 14.6 Å². The summed E-state index contributed by atoms with van der Waals surface area (Å²) in [5, 5.41) is 7.62. The van der Waals surface area contributed by atoms with Crippen molar-refractivity contribution >= 4 is 28.8 Å². The van der Waals surface area contributed by atoms with Crippen LogP contribution >= 0.6 is 0 Å². The maximum Gasteiger partial charge on any atom is 0.298 e. The molecule has 3 heterocycles. The van der Waals surface area contributed by atoms with Gasteiger partial charge in [0.25, 0.3) is 6.01 Å². The van der Waals surface area contributed by atoms with Gasteiger partial charge in [-0.1, -0.05) is 31.4 Å². The van der Waals surface area contributed by atoms with Crippen LogP contribution in [0.1, 0.15) is 51.0 Å². The molecule has 3 aromatic rings. The zero-order valence-corrected chi connectivity index (χ0v) is 16.6. The number of piperidine rings is 1. The third-order valence-electron chi connectivity index (χ3n) is 6.26. The minimum absolute atomic E-state index is 0.00494. The van der Waals surface area contributed by atoms with Crippen LogP contribution in [-0.4, -0.2) is 33.8 Å². The first-order valence-electron chi connectivity index (χ1n) is 10.7. The number of oxazole rings is 1. The molecule has 0 spiro atoms. The number of hydrogen-bond donors (Lipinski definition) is 1. The number of amides is 1. The molecule has 1 N–H and O–H groups in total. The van der Waals surface area contributed by atoms with E-state index in [4.69, 9.17) is 4.42 Å². The molecule has 0 bridgehead atoms.